The minimum atomic E-state index is -4.55. The minimum absolute atomic E-state index is 0.0588. The number of nitrogens with two attached hydrogens (primary N) is 1. The Balaban J connectivity index is 1.30. The number of nitrogen functional groups attached to an aromatic ring is 1. The molecule has 3 aromatic rings. The van der Waals surface area contributed by atoms with Crippen molar-refractivity contribution < 1.29 is 27.1 Å². The number of aryl methyl sites for hydroxylation is 2. The van der Waals surface area contributed by atoms with Crippen molar-refractivity contribution in [3.8, 4) is 17.1 Å². The van der Waals surface area contributed by atoms with Crippen molar-refractivity contribution in [3.05, 3.63) is 64.9 Å². The van der Waals surface area contributed by atoms with Crippen LogP contribution in [0.3, 0.4) is 0 Å². The second kappa shape index (κ2) is 9.77. The number of alkyl halides is 3. The van der Waals surface area contributed by atoms with Gasteiger partial charge in [-0.25, -0.2) is 19.3 Å². The smallest absolute Gasteiger partial charge is 0.433 e. The standard InChI is InChI=1S/C28H29F4N5O2/c1-15(18-12-24(39-3)34-14-20(18)29)26(38)37-10-9-27(13-23(27)37)8-7-17-11-19(16(2)35-25(17)33)21-5-4-6-22(36-21)28(30,31)32/h4-6,11-12,14-15,23H,7-10,13H2,1-3H3,(H2,33,35)/t15-,23?,27-/m1/s1. The van der Waals surface area contributed by atoms with Gasteiger partial charge in [0.1, 0.15) is 17.3 Å². The molecule has 3 aromatic heterocycles. The predicted molar refractivity (Wildman–Crippen MR) is 136 cm³/mol. The quantitative estimate of drug-likeness (QED) is 0.405. The highest BCUT2D eigenvalue weighted by atomic mass is 19.4. The van der Waals surface area contributed by atoms with E-state index in [4.69, 9.17) is 10.5 Å². The normalized spacial score (nSPS) is 21.0. The summed E-state index contributed by atoms with van der Waals surface area (Å²) in [6, 6.07) is 7.07. The van der Waals surface area contributed by atoms with E-state index < -0.39 is 23.6 Å². The zero-order valence-corrected chi connectivity index (χ0v) is 21.8. The topological polar surface area (TPSA) is 94.2 Å². The van der Waals surface area contributed by atoms with Gasteiger partial charge in [-0.2, -0.15) is 13.2 Å². The lowest BCUT2D eigenvalue weighted by atomic mass is 9.93. The second-order valence-corrected chi connectivity index (χ2v) is 10.4. The van der Waals surface area contributed by atoms with Crippen molar-refractivity contribution in [2.24, 2.45) is 5.41 Å². The van der Waals surface area contributed by atoms with Crippen LogP contribution < -0.4 is 10.5 Å². The Hall–Kier alpha value is -3.76. The third-order valence-corrected chi connectivity index (χ3v) is 8.10. The first-order chi connectivity index (χ1) is 18.4. The number of piperidine rings is 1. The van der Waals surface area contributed by atoms with Crippen molar-refractivity contribution >= 4 is 11.7 Å². The number of amides is 1. The van der Waals surface area contributed by atoms with Gasteiger partial charge in [-0.1, -0.05) is 6.07 Å². The summed E-state index contributed by atoms with van der Waals surface area (Å²) in [5.41, 5.74) is 7.34. The molecule has 4 heterocycles. The third kappa shape index (κ3) is 5.02. The highest BCUT2D eigenvalue weighted by molar-refractivity contribution is 5.84. The average Bonchev–Trinajstić information content (AvgIpc) is 3.50. The van der Waals surface area contributed by atoms with Gasteiger partial charge in [-0.05, 0) is 68.7 Å². The van der Waals surface area contributed by atoms with E-state index in [-0.39, 0.29) is 34.5 Å². The Morgan fingerprint density at radius 1 is 1.28 bits per heavy atom. The Kier molecular flexibility index (Phi) is 6.72. The third-order valence-electron chi connectivity index (χ3n) is 8.10. The number of aromatic nitrogens is 3. The number of likely N-dealkylation sites (tertiary alicyclic amines) is 1. The van der Waals surface area contributed by atoms with Crippen molar-refractivity contribution in [2.45, 2.75) is 57.7 Å². The fraction of sp³-hybridized carbons (Fsp3) is 0.429. The van der Waals surface area contributed by atoms with Crippen LogP contribution in [0.25, 0.3) is 11.3 Å². The van der Waals surface area contributed by atoms with Gasteiger partial charge >= 0.3 is 6.18 Å². The number of carbonyl (C=O) groups is 1. The average molecular weight is 544 g/mol. The molecular weight excluding hydrogens is 514 g/mol. The molecule has 2 aliphatic rings. The van der Waals surface area contributed by atoms with Crippen LogP contribution in [-0.2, 0) is 17.4 Å². The van der Waals surface area contributed by atoms with E-state index in [9.17, 15) is 22.4 Å². The number of halogens is 4. The van der Waals surface area contributed by atoms with E-state index in [2.05, 4.69) is 15.0 Å². The van der Waals surface area contributed by atoms with Gasteiger partial charge in [-0.3, -0.25) is 4.79 Å². The first kappa shape index (κ1) is 26.8. The van der Waals surface area contributed by atoms with Gasteiger partial charge in [0.2, 0.25) is 11.8 Å². The number of hydrogen-bond donors (Lipinski definition) is 1. The summed E-state index contributed by atoms with van der Waals surface area (Å²) in [7, 11) is 1.44. The Morgan fingerprint density at radius 2 is 2.05 bits per heavy atom. The molecule has 0 spiro atoms. The zero-order chi connectivity index (χ0) is 28.1. The van der Waals surface area contributed by atoms with Crippen molar-refractivity contribution in [2.75, 3.05) is 19.4 Å². The van der Waals surface area contributed by atoms with Crippen molar-refractivity contribution in [1.29, 1.82) is 0 Å². The van der Waals surface area contributed by atoms with Gasteiger partial charge < -0.3 is 15.4 Å². The van der Waals surface area contributed by atoms with Crippen LogP contribution in [0, 0.1) is 18.2 Å². The molecule has 1 saturated carbocycles. The number of carbonyl (C=O) groups excluding carboxylic acids is 1. The summed E-state index contributed by atoms with van der Waals surface area (Å²) in [5, 5.41) is 0. The van der Waals surface area contributed by atoms with Crippen molar-refractivity contribution in [3.63, 3.8) is 0 Å². The maximum absolute atomic E-state index is 14.4. The highest BCUT2D eigenvalue weighted by Gasteiger charge is 2.61. The predicted octanol–water partition coefficient (Wildman–Crippen LogP) is 5.32. The molecule has 1 aliphatic heterocycles. The van der Waals surface area contributed by atoms with Crippen LogP contribution >= 0.6 is 0 Å². The number of ether oxygens (including phenoxy) is 1. The molecule has 1 unspecified atom stereocenters. The second-order valence-electron chi connectivity index (χ2n) is 10.4. The van der Waals surface area contributed by atoms with Crippen LogP contribution in [0.2, 0.25) is 0 Å². The van der Waals surface area contributed by atoms with Gasteiger partial charge in [0.15, 0.2) is 0 Å². The van der Waals surface area contributed by atoms with Crippen LogP contribution in [0.1, 0.15) is 54.6 Å². The monoisotopic (exact) mass is 543 g/mol. The first-order valence-electron chi connectivity index (χ1n) is 12.7. The number of rotatable bonds is 7. The van der Waals surface area contributed by atoms with E-state index in [1.807, 2.05) is 4.90 Å². The number of pyridine rings is 3. The number of methoxy groups -OCH3 is 1. The lowest BCUT2D eigenvalue weighted by Crippen LogP contribution is -2.34. The molecule has 3 atom stereocenters. The number of nitrogens with zero attached hydrogens (tertiary/aromatic N) is 4. The van der Waals surface area contributed by atoms with Gasteiger partial charge in [0, 0.05) is 35.5 Å². The molecule has 7 nitrogen and oxygen atoms in total. The molecule has 0 bridgehead atoms. The molecule has 1 aliphatic carbocycles. The fourth-order valence-electron chi connectivity index (χ4n) is 5.70. The van der Waals surface area contributed by atoms with Gasteiger partial charge in [-0.15, -0.1) is 0 Å². The molecule has 1 saturated heterocycles. The van der Waals surface area contributed by atoms with Crippen molar-refractivity contribution in [1.82, 2.24) is 19.9 Å². The van der Waals surface area contributed by atoms with E-state index in [1.165, 1.54) is 25.3 Å². The summed E-state index contributed by atoms with van der Waals surface area (Å²) in [6.07, 6.45) is -0.513. The summed E-state index contributed by atoms with van der Waals surface area (Å²) in [6.45, 7) is 3.96. The number of anilines is 1. The van der Waals surface area contributed by atoms with E-state index in [0.29, 0.717) is 30.0 Å². The van der Waals surface area contributed by atoms with Crippen LogP contribution in [0.4, 0.5) is 23.4 Å². The molecule has 2 N–H and O–H groups in total. The lowest BCUT2D eigenvalue weighted by Gasteiger charge is -2.23. The molecule has 39 heavy (non-hydrogen) atoms. The molecule has 206 valence electrons. The number of fused-ring (bicyclic) bond motifs is 1. The molecular formula is C28H29F4N5O2. The van der Waals surface area contributed by atoms with Crippen LogP contribution in [0.5, 0.6) is 5.88 Å². The maximum Gasteiger partial charge on any atom is 0.433 e. The lowest BCUT2D eigenvalue weighted by molar-refractivity contribution is -0.141. The molecule has 2 fully saturated rings. The molecule has 0 radical (unpaired) electrons. The minimum Gasteiger partial charge on any atom is -0.481 e. The maximum atomic E-state index is 14.4. The molecule has 0 aromatic carbocycles. The SMILES string of the molecule is COc1cc([C@@H](C)C(=O)N2CC[C@]3(CCc4cc(-c5cccc(C(F)(F)F)n5)c(C)nc4N)CC23)c(F)cn1. The molecule has 11 heteroatoms. The molecule has 5 rings (SSSR count). The van der Waals surface area contributed by atoms with Crippen LogP contribution in [0.15, 0.2) is 36.5 Å². The fourth-order valence-corrected chi connectivity index (χ4v) is 5.70. The summed E-state index contributed by atoms with van der Waals surface area (Å²) >= 11 is 0. The Morgan fingerprint density at radius 3 is 2.74 bits per heavy atom. The number of hydrogen-bond acceptors (Lipinski definition) is 6. The van der Waals surface area contributed by atoms with E-state index in [0.717, 1.165) is 37.1 Å². The van der Waals surface area contributed by atoms with E-state index in [1.54, 1.807) is 19.9 Å². The Labute approximate surface area is 223 Å². The summed E-state index contributed by atoms with van der Waals surface area (Å²) in [4.78, 5) is 27.2. The van der Waals surface area contributed by atoms with Crippen LogP contribution in [-0.4, -0.2) is 45.5 Å². The molecule has 1 amide bonds. The largest absolute Gasteiger partial charge is 0.481 e. The summed E-state index contributed by atoms with van der Waals surface area (Å²) < 4.78 is 59.1. The highest BCUT2D eigenvalue weighted by Crippen LogP contribution is 2.60. The van der Waals surface area contributed by atoms with Gasteiger partial charge in [0.25, 0.3) is 0 Å². The van der Waals surface area contributed by atoms with Gasteiger partial charge in [0.05, 0.1) is 24.9 Å². The van der Waals surface area contributed by atoms with E-state index >= 15 is 0 Å². The zero-order valence-electron chi connectivity index (χ0n) is 21.8. The Bertz CT molecular complexity index is 1430. The summed E-state index contributed by atoms with van der Waals surface area (Å²) in [5.74, 6) is -0.791. The first-order valence-corrected chi connectivity index (χ1v) is 12.7.